The molecule has 1 aliphatic rings. The molecule has 0 bridgehead atoms. The van der Waals surface area contributed by atoms with E-state index in [1.807, 2.05) is 18.2 Å². The van der Waals surface area contributed by atoms with Crippen molar-refractivity contribution in [1.82, 2.24) is 5.32 Å². The summed E-state index contributed by atoms with van der Waals surface area (Å²) < 4.78 is 0. The predicted molar refractivity (Wildman–Crippen MR) is 52.4 cm³/mol. The summed E-state index contributed by atoms with van der Waals surface area (Å²) in [4.78, 5) is 0. The lowest BCUT2D eigenvalue weighted by Gasteiger charge is -2.27. The number of piperidine rings is 1. The third-order valence-corrected chi connectivity index (χ3v) is 2.58. The standard InChI is InChI=1S/C11H15NO/c13-10-6-7-12-11(8-10)9-4-2-1-3-5-9/h1-5,10-13H,6-8H2/t10-,11?/m1/s1. The molecule has 2 nitrogen and oxygen atoms in total. The van der Waals surface area contributed by atoms with Crippen molar-refractivity contribution in [2.24, 2.45) is 0 Å². The van der Waals surface area contributed by atoms with Crippen LogP contribution in [0.15, 0.2) is 30.3 Å². The van der Waals surface area contributed by atoms with Crippen molar-refractivity contribution in [3.8, 4) is 0 Å². The highest BCUT2D eigenvalue weighted by atomic mass is 16.3. The van der Waals surface area contributed by atoms with E-state index in [9.17, 15) is 5.11 Å². The lowest BCUT2D eigenvalue weighted by Crippen LogP contribution is -2.34. The first kappa shape index (κ1) is 8.73. The zero-order valence-electron chi connectivity index (χ0n) is 7.61. The van der Waals surface area contributed by atoms with Gasteiger partial charge in [0.2, 0.25) is 0 Å². The molecule has 2 atom stereocenters. The molecular weight excluding hydrogens is 162 g/mol. The SMILES string of the molecule is O[C@@H]1CCNC(c2ccccc2)C1. The molecule has 2 heteroatoms. The van der Waals surface area contributed by atoms with Crippen LogP contribution in [0.4, 0.5) is 0 Å². The number of hydrogen-bond acceptors (Lipinski definition) is 2. The van der Waals surface area contributed by atoms with E-state index in [1.54, 1.807) is 0 Å². The molecule has 0 spiro atoms. The fourth-order valence-corrected chi connectivity index (χ4v) is 1.84. The second-order valence-corrected chi connectivity index (χ2v) is 3.60. The molecule has 2 rings (SSSR count). The zero-order valence-corrected chi connectivity index (χ0v) is 7.61. The van der Waals surface area contributed by atoms with Gasteiger partial charge in [-0.25, -0.2) is 0 Å². The molecule has 0 radical (unpaired) electrons. The number of nitrogens with one attached hydrogen (secondary N) is 1. The van der Waals surface area contributed by atoms with Crippen molar-refractivity contribution in [2.75, 3.05) is 6.54 Å². The molecule has 1 heterocycles. The van der Waals surface area contributed by atoms with Crippen LogP contribution in [0.5, 0.6) is 0 Å². The lowest BCUT2D eigenvalue weighted by molar-refractivity contribution is 0.117. The molecular formula is C11H15NO. The van der Waals surface area contributed by atoms with Gasteiger partial charge >= 0.3 is 0 Å². The van der Waals surface area contributed by atoms with Crippen LogP contribution in [0.2, 0.25) is 0 Å². The summed E-state index contributed by atoms with van der Waals surface area (Å²) in [5, 5.41) is 12.9. The van der Waals surface area contributed by atoms with E-state index < -0.39 is 0 Å². The molecule has 0 aromatic heterocycles. The van der Waals surface area contributed by atoms with Gasteiger partial charge < -0.3 is 10.4 Å². The summed E-state index contributed by atoms with van der Waals surface area (Å²) in [6.45, 7) is 0.917. The molecule has 0 amide bonds. The molecule has 1 aliphatic heterocycles. The highest BCUT2D eigenvalue weighted by Crippen LogP contribution is 2.22. The van der Waals surface area contributed by atoms with E-state index in [4.69, 9.17) is 0 Å². The van der Waals surface area contributed by atoms with E-state index >= 15 is 0 Å². The van der Waals surface area contributed by atoms with Gasteiger partial charge in [-0.1, -0.05) is 30.3 Å². The van der Waals surface area contributed by atoms with E-state index in [2.05, 4.69) is 17.4 Å². The molecule has 2 N–H and O–H groups in total. The average Bonchev–Trinajstić information content (AvgIpc) is 2.19. The quantitative estimate of drug-likeness (QED) is 0.681. The Labute approximate surface area is 78.6 Å². The van der Waals surface area contributed by atoms with Crippen molar-refractivity contribution in [2.45, 2.75) is 25.0 Å². The van der Waals surface area contributed by atoms with Crippen LogP contribution < -0.4 is 5.32 Å². The van der Waals surface area contributed by atoms with Crippen molar-refractivity contribution in [3.63, 3.8) is 0 Å². The van der Waals surface area contributed by atoms with Gasteiger partial charge in [0, 0.05) is 6.04 Å². The van der Waals surface area contributed by atoms with Crippen LogP contribution in [0.1, 0.15) is 24.4 Å². The Morgan fingerprint density at radius 2 is 2.00 bits per heavy atom. The molecule has 0 aliphatic carbocycles. The largest absolute Gasteiger partial charge is 0.393 e. The topological polar surface area (TPSA) is 32.3 Å². The molecule has 13 heavy (non-hydrogen) atoms. The second-order valence-electron chi connectivity index (χ2n) is 3.60. The Kier molecular flexibility index (Phi) is 2.62. The van der Waals surface area contributed by atoms with Gasteiger partial charge in [-0.3, -0.25) is 0 Å². The highest BCUT2D eigenvalue weighted by Gasteiger charge is 2.20. The fourth-order valence-electron chi connectivity index (χ4n) is 1.84. The lowest BCUT2D eigenvalue weighted by atomic mass is 9.96. The van der Waals surface area contributed by atoms with Crippen molar-refractivity contribution < 1.29 is 5.11 Å². The fraction of sp³-hybridized carbons (Fsp3) is 0.455. The summed E-state index contributed by atoms with van der Waals surface area (Å²) in [6, 6.07) is 10.6. The molecule has 70 valence electrons. The van der Waals surface area contributed by atoms with Crippen LogP contribution >= 0.6 is 0 Å². The van der Waals surface area contributed by atoms with Crippen LogP contribution in [-0.4, -0.2) is 17.8 Å². The first-order valence-corrected chi connectivity index (χ1v) is 4.82. The predicted octanol–water partition coefficient (Wildman–Crippen LogP) is 1.47. The summed E-state index contributed by atoms with van der Waals surface area (Å²) in [6.07, 6.45) is 1.58. The third kappa shape index (κ3) is 2.08. The smallest absolute Gasteiger partial charge is 0.0570 e. The first-order valence-electron chi connectivity index (χ1n) is 4.82. The third-order valence-electron chi connectivity index (χ3n) is 2.58. The summed E-state index contributed by atoms with van der Waals surface area (Å²) in [5.74, 6) is 0. The molecule has 1 fully saturated rings. The van der Waals surface area contributed by atoms with Crippen molar-refractivity contribution in [3.05, 3.63) is 35.9 Å². The van der Waals surface area contributed by atoms with Crippen molar-refractivity contribution >= 4 is 0 Å². The van der Waals surface area contributed by atoms with Gasteiger partial charge in [0.05, 0.1) is 6.10 Å². The summed E-state index contributed by atoms with van der Waals surface area (Å²) >= 11 is 0. The summed E-state index contributed by atoms with van der Waals surface area (Å²) in [7, 11) is 0. The highest BCUT2D eigenvalue weighted by molar-refractivity contribution is 5.19. The Morgan fingerprint density at radius 3 is 2.69 bits per heavy atom. The minimum Gasteiger partial charge on any atom is -0.393 e. The molecule has 0 saturated carbocycles. The first-order chi connectivity index (χ1) is 6.36. The molecule has 1 saturated heterocycles. The molecule has 1 unspecified atom stereocenters. The summed E-state index contributed by atoms with van der Waals surface area (Å²) in [5.41, 5.74) is 1.28. The minimum absolute atomic E-state index is 0.133. The molecule has 1 aromatic rings. The van der Waals surface area contributed by atoms with Gasteiger partial charge in [0.15, 0.2) is 0 Å². The van der Waals surface area contributed by atoms with Gasteiger partial charge in [-0.05, 0) is 24.9 Å². The van der Waals surface area contributed by atoms with E-state index in [0.717, 1.165) is 19.4 Å². The van der Waals surface area contributed by atoms with Crippen LogP contribution in [0.25, 0.3) is 0 Å². The number of hydrogen-bond donors (Lipinski definition) is 2. The number of benzene rings is 1. The van der Waals surface area contributed by atoms with Gasteiger partial charge in [0.1, 0.15) is 0 Å². The van der Waals surface area contributed by atoms with Gasteiger partial charge in [-0.15, -0.1) is 0 Å². The van der Waals surface area contributed by atoms with Gasteiger partial charge in [0.25, 0.3) is 0 Å². The number of aliphatic hydroxyl groups is 1. The Bertz CT molecular complexity index is 260. The van der Waals surface area contributed by atoms with E-state index in [-0.39, 0.29) is 6.10 Å². The Hall–Kier alpha value is -0.860. The average molecular weight is 177 g/mol. The van der Waals surface area contributed by atoms with Crippen LogP contribution in [-0.2, 0) is 0 Å². The Morgan fingerprint density at radius 1 is 1.23 bits per heavy atom. The normalized spacial score (nSPS) is 28.7. The maximum atomic E-state index is 9.50. The van der Waals surface area contributed by atoms with Gasteiger partial charge in [-0.2, -0.15) is 0 Å². The van der Waals surface area contributed by atoms with Crippen LogP contribution in [0.3, 0.4) is 0 Å². The van der Waals surface area contributed by atoms with Crippen molar-refractivity contribution in [1.29, 1.82) is 0 Å². The molecule has 1 aromatic carbocycles. The maximum absolute atomic E-state index is 9.50. The van der Waals surface area contributed by atoms with E-state index in [1.165, 1.54) is 5.56 Å². The maximum Gasteiger partial charge on any atom is 0.0570 e. The zero-order chi connectivity index (χ0) is 9.10. The number of rotatable bonds is 1. The Balaban J connectivity index is 2.08. The number of aliphatic hydroxyl groups excluding tert-OH is 1. The van der Waals surface area contributed by atoms with E-state index in [0.29, 0.717) is 6.04 Å². The van der Waals surface area contributed by atoms with Crippen LogP contribution in [0, 0.1) is 0 Å². The monoisotopic (exact) mass is 177 g/mol. The minimum atomic E-state index is -0.133. The second kappa shape index (κ2) is 3.90.